The quantitative estimate of drug-likeness (QED) is 0.816. The van der Waals surface area contributed by atoms with Crippen molar-refractivity contribution >= 4 is 45.0 Å². The Hall–Kier alpha value is -1.10. The van der Waals surface area contributed by atoms with Gasteiger partial charge in [0.1, 0.15) is 5.82 Å². The first-order chi connectivity index (χ1) is 9.49. The number of hydrogen-bond acceptors (Lipinski definition) is 1. The second kappa shape index (κ2) is 6.57. The molecule has 0 aliphatic carbocycles. The smallest absolute Gasteiger partial charge is 0.253 e. The van der Waals surface area contributed by atoms with Crippen molar-refractivity contribution in [1.82, 2.24) is 5.32 Å². The minimum atomic E-state index is -0.489. The lowest BCUT2D eigenvalue weighted by molar-refractivity contribution is 0.0951. The lowest BCUT2D eigenvalue weighted by Gasteiger charge is -2.08. The van der Waals surface area contributed by atoms with Gasteiger partial charge in [0.25, 0.3) is 5.91 Å². The van der Waals surface area contributed by atoms with Crippen LogP contribution in [0.25, 0.3) is 0 Å². The Morgan fingerprint density at radius 1 is 1.25 bits per heavy atom. The van der Waals surface area contributed by atoms with Gasteiger partial charge in [0.05, 0.1) is 15.6 Å². The molecule has 2 aromatic carbocycles. The molecular weight excluding hydrogens is 368 g/mol. The number of carbonyl (C=O) groups is 1. The topological polar surface area (TPSA) is 29.1 Å². The van der Waals surface area contributed by atoms with Crippen LogP contribution in [0, 0.1) is 5.82 Å². The van der Waals surface area contributed by atoms with Crippen molar-refractivity contribution < 1.29 is 9.18 Å². The summed E-state index contributed by atoms with van der Waals surface area (Å²) in [5.74, 6) is -0.798. The summed E-state index contributed by atoms with van der Waals surface area (Å²) in [5, 5.41) is 3.08. The van der Waals surface area contributed by atoms with Gasteiger partial charge in [-0.25, -0.2) is 4.39 Å². The van der Waals surface area contributed by atoms with Gasteiger partial charge in [-0.2, -0.15) is 0 Å². The molecule has 104 valence electrons. The maximum absolute atomic E-state index is 13.0. The predicted molar refractivity (Wildman–Crippen MR) is 81.7 cm³/mol. The Balaban J connectivity index is 2.08. The molecule has 0 fully saturated rings. The predicted octanol–water partition coefficient (Wildman–Crippen LogP) is 4.83. The molecule has 2 aromatic rings. The highest BCUT2D eigenvalue weighted by Gasteiger charge is 2.12. The minimum absolute atomic E-state index is 0.0252. The van der Waals surface area contributed by atoms with Crippen LogP contribution >= 0.6 is 39.1 Å². The van der Waals surface area contributed by atoms with E-state index in [4.69, 9.17) is 23.2 Å². The Morgan fingerprint density at radius 3 is 2.70 bits per heavy atom. The lowest BCUT2D eigenvalue weighted by Crippen LogP contribution is -2.23. The average Bonchev–Trinajstić information content (AvgIpc) is 2.43. The molecule has 1 N–H and O–H groups in total. The van der Waals surface area contributed by atoms with E-state index in [-0.39, 0.29) is 17.5 Å². The summed E-state index contributed by atoms with van der Waals surface area (Å²) in [4.78, 5) is 12.0. The van der Waals surface area contributed by atoms with E-state index in [9.17, 15) is 9.18 Å². The van der Waals surface area contributed by atoms with Crippen LogP contribution in [0.3, 0.4) is 0 Å². The molecule has 0 aromatic heterocycles. The van der Waals surface area contributed by atoms with Gasteiger partial charge in [-0.3, -0.25) is 4.79 Å². The number of carbonyl (C=O) groups excluding carboxylic acids is 1. The molecule has 20 heavy (non-hydrogen) atoms. The van der Waals surface area contributed by atoms with Crippen molar-refractivity contribution in [3.05, 3.63) is 67.9 Å². The molecule has 0 aliphatic rings. The molecule has 0 bridgehead atoms. The van der Waals surface area contributed by atoms with Crippen LogP contribution in [-0.4, -0.2) is 5.91 Å². The summed E-state index contributed by atoms with van der Waals surface area (Å²) < 4.78 is 13.7. The number of halogens is 4. The summed E-state index contributed by atoms with van der Waals surface area (Å²) in [6.45, 7) is 0.238. The van der Waals surface area contributed by atoms with Crippen molar-refractivity contribution in [3.63, 3.8) is 0 Å². The molecule has 0 heterocycles. The monoisotopic (exact) mass is 375 g/mol. The van der Waals surface area contributed by atoms with E-state index in [1.807, 2.05) is 0 Å². The van der Waals surface area contributed by atoms with E-state index in [0.717, 1.165) is 0 Å². The fraction of sp³-hybridized carbons (Fsp3) is 0.0714. The molecule has 0 spiro atoms. The molecular formula is C14H9BrCl2FNO. The number of rotatable bonds is 3. The first-order valence-corrected chi connectivity index (χ1v) is 7.20. The van der Waals surface area contributed by atoms with Crippen LogP contribution in [0.2, 0.25) is 10.0 Å². The third-order valence-corrected chi connectivity index (χ3v) is 4.22. The summed E-state index contributed by atoms with van der Waals surface area (Å²) in [6, 6.07) is 9.39. The van der Waals surface area contributed by atoms with Gasteiger partial charge in [0.2, 0.25) is 0 Å². The zero-order chi connectivity index (χ0) is 14.7. The Morgan fingerprint density at radius 2 is 2.00 bits per heavy atom. The van der Waals surface area contributed by atoms with E-state index in [2.05, 4.69) is 21.2 Å². The molecule has 1 amide bonds. The summed E-state index contributed by atoms with van der Waals surface area (Å²) in [7, 11) is 0. The molecule has 2 nitrogen and oxygen atoms in total. The van der Waals surface area contributed by atoms with E-state index >= 15 is 0 Å². The molecule has 0 saturated carbocycles. The summed E-state index contributed by atoms with van der Waals surface area (Å²) >= 11 is 15.0. The zero-order valence-electron chi connectivity index (χ0n) is 10.1. The molecule has 6 heteroatoms. The Labute approximate surface area is 134 Å². The van der Waals surface area contributed by atoms with Gasteiger partial charge in [0, 0.05) is 11.0 Å². The fourth-order valence-corrected chi connectivity index (χ4v) is 2.39. The third-order valence-electron chi connectivity index (χ3n) is 2.63. The maximum atomic E-state index is 13.0. The average molecular weight is 377 g/mol. The van der Waals surface area contributed by atoms with E-state index in [1.165, 1.54) is 12.1 Å². The molecule has 0 radical (unpaired) electrons. The third kappa shape index (κ3) is 3.51. The minimum Gasteiger partial charge on any atom is -0.348 e. The van der Waals surface area contributed by atoms with Gasteiger partial charge in [-0.1, -0.05) is 35.3 Å². The largest absolute Gasteiger partial charge is 0.348 e. The van der Waals surface area contributed by atoms with Gasteiger partial charge in [0.15, 0.2) is 0 Å². The number of hydrogen-bond donors (Lipinski definition) is 1. The first-order valence-electron chi connectivity index (χ1n) is 5.65. The second-order valence-corrected chi connectivity index (χ2v) is 5.67. The summed E-state index contributed by atoms with van der Waals surface area (Å²) in [6.07, 6.45) is 0. The molecule has 0 atom stereocenters. The van der Waals surface area contributed by atoms with Crippen molar-refractivity contribution in [2.45, 2.75) is 6.54 Å². The molecule has 2 rings (SSSR count). The molecule has 0 saturated heterocycles. The van der Waals surface area contributed by atoms with Gasteiger partial charge < -0.3 is 5.32 Å². The normalized spacial score (nSPS) is 10.4. The SMILES string of the molecule is O=C(NCc1ccc(F)c(Cl)c1)c1cccc(Br)c1Cl. The highest BCUT2D eigenvalue weighted by molar-refractivity contribution is 9.10. The summed E-state index contributed by atoms with van der Waals surface area (Å²) in [5.41, 5.74) is 1.07. The van der Waals surface area contributed by atoms with Crippen LogP contribution < -0.4 is 5.32 Å². The van der Waals surface area contributed by atoms with Crippen molar-refractivity contribution in [2.24, 2.45) is 0 Å². The molecule has 0 aliphatic heterocycles. The standard InChI is InChI=1S/C14H9BrCl2FNO/c15-10-3-1-2-9(13(10)17)14(20)19-7-8-4-5-12(18)11(16)6-8/h1-6H,7H2,(H,19,20). The molecule has 0 unspecified atom stereocenters. The Kier molecular flexibility index (Phi) is 5.02. The van der Waals surface area contributed by atoms with Crippen molar-refractivity contribution in [3.8, 4) is 0 Å². The van der Waals surface area contributed by atoms with Crippen LogP contribution in [-0.2, 0) is 6.54 Å². The fourth-order valence-electron chi connectivity index (χ4n) is 1.61. The van der Waals surface area contributed by atoms with E-state index < -0.39 is 5.82 Å². The highest BCUT2D eigenvalue weighted by atomic mass is 79.9. The number of amides is 1. The van der Waals surface area contributed by atoms with Crippen LogP contribution in [0.4, 0.5) is 4.39 Å². The van der Waals surface area contributed by atoms with Gasteiger partial charge >= 0.3 is 0 Å². The lowest BCUT2D eigenvalue weighted by atomic mass is 10.2. The van der Waals surface area contributed by atoms with Crippen molar-refractivity contribution in [1.29, 1.82) is 0 Å². The van der Waals surface area contributed by atoms with Crippen LogP contribution in [0.5, 0.6) is 0 Å². The van der Waals surface area contributed by atoms with Crippen LogP contribution in [0.15, 0.2) is 40.9 Å². The zero-order valence-corrected chi connectivity index (χ0v) is 13.2. The number of nitrogens with one attached hydrogen (secondary N) is 1. The van der Waals surface area contributed by atoms with Gasteiger partial charge in [-0.05, 0) is 45.8 Å². The highest BCUT2D eigenvalue weighted by Crippen LogP contribution is 2.26. The van der Waals surface area contributed by atoms with Gasteiger partial charge in [-0.15, -0.1) is 0 Å². The first kappa shape index (κ1) is 15.3. The second-order valence-electron chi connectivity index (χ2n) is 4.03. The number of benzene rings is 2. The Bertz CT molecular complexity index is 664. The van der Waals surface area contributed by atoms with E-state index in [0.29, 0.717) is 20.6 Å². The maximum Gasteiger partial charge on any atom is 0.253 e. The van der Waals surface area contributed by atoms with E-state index in [1.54, 1.807) is 24.3 Å². The van der Waals surface area contributed by atoms with Crippen molar-refractivity contribution in [2.75, 3.05) is 0 Å². The van der Waals surface area contributed by atoms with Crippen LogP contribution in [0.1, 0.15) is 15.9 Å².